The van der Waals surface area contributed by atoms with Crippen LogP contribution in [0.5, 0.6) is 0 Å². The van der Waals surface area contributed by atoms with E-state index in [0.29, 0.717) is 12.6 Å². The summed E-state index contributed by atoms with van der Waals surface area (Å²) in [6.45, 7) is 0.624. The van der Waals surface area contributed by atoms with E-state index in [1.807, 2.05) is 47.4 Å². The molecule has 3 rings (SSSR count). The number of amides is 2. The number of rotatable bonds is 5. The van der Waals surface area contributed by atoms with E-state index in [1.54, 1.807) is 0 Å². The standard InChI is InChI=1S/C18H24N4O/c23-18(21-16-7-3-1-4-8-16)19-12-11-15-13-20-22(14-15)17-9-5-2-6-10-17/h2,5-6,9-10,13-14,16H,1,3-4,7-8,11-12H2,(H2,19,21,23). The number of para-hydroxylation sites is 1. The van der Waals surface area contributed by atoms with Crippen LogP contribution >= 0.6 is 0 Å². The Morgan fingerprint density at radius 3 is 2.74 bits per heavy atom. The van der Waals surface area contributed by atoms with Gasteiger partial charge >= 0.3 is 6.03 Å². The summed E-state index contributed by atoms with van der Waals surface area (Å²) in [7, 11) is 0. The zero-order valence-electron chi connectivity index (χ0n) is 13.4. The Kier molecular flexibility index (Phi) is 5.29. The highest BCUT2D eigenvalue weighted by molar-refractivity contribution is 5.74. The molecular weight excluding hydrogens is 288 g/mol. The Labute approximate surface area is 137 Å². The third-order valence-electron chi connectivity index (χ3n) is 4.30. The van der Waals surface area contributed by atoms with Gasteiger partial charge in [-0.3, -0.25) is 0 Å². The van der Waals surface area contributed by atoms with E-state index in [0.717, 1.165) is 30.5 Å². The van der Waals surface area contributed by atoms with E-state index in [1.165, 1.54) is 19.3 Å². The molecule has 2 amide bonds. The summed E-state index contributed by atoms with van der Waals surface area (Å²) in [6, 6.07) is 10.3. The Morgan fingerprint density at radius 1 is 1.17 bits per heavy atom. The lowest BCUT2D eigenvalue weighted by Gasteiger charge is -2.22. The topological polar surface area (TPSA) is 59.0 Å². The highest BCUT2D eigenvalue weighted by atomic mass is 16.2. The molecule has 1 aliphatic carbocycles. The lowest BCUT2D eigenvalue weighted by molar-refractivity contribution is 0.233. The third-order valence-corrected chi connectivity index (χ3v) is 4.30. The Bertz CT molecular complexity index is 617. The maximum absolute atomic E-state index is 11.9. The average Bonchev–Trinajstić information content (AvgIpc) is 3.05. The molecule has 2 N–H and O–H groups in total. The van der Waals surface area contributed by atoms with Gasteiger partial charge in [0.2, 0.25) is 0 Å². The van der Waals surface area contributed by atoms with Crippen LogP contribution in [0.2, 0.25) is 0 Å². The van der Waals surface area contributed by atoms with E-state index in [9.17, 15) is 4.79 Å². The van der Waals surface area contributed by atoms with Crippen LogP contribution in [0.25, 0.3) is 5.69 Å². The molecule has 0 spiro atoms. The summed E-state index contributed by atoms with van der Waals surface area (Å²) in [4.78, 5) is 11.9. The van der Waals surface area contributed by atoms with Crippen LogP contribution in [0, 0.1) is 0 Å². The van der Waals surface area contributed by atoms with Gasteiger partial charge in [0.05, 0.1) is 11.9 Å². The van der Waals surface area contributed by atoms with Gasteiger partial charge in [0.25, 0.3) is 0 Å². The second-order valence-electron chi connectivity index (χ2n) is 6.11. The first kappa shape index (κ1) is 15.6. The minimum atomic E-state index is -0.0487. The molecule has 1 aromatic carbocycles. The normalized spacial score (nSPS) is 15.3. The summed E-state index contributed by atoms with van der Waals surface area (Å²) >= 11 is 0. The van der Waals surface area contributed by atoms with Gasteiger partial charge < -0.3 is 10.6 Å². The summed E-state index contributed by atoms with van der Waals surface area (Å²) in [5.74, 6) is 0. The van der Waals surface area contributed by atoms with Crippen molar-refractivity contribution in [3.8, 4) is 5.69 Å². The van der Waals surface area contributed by atoms with Crippen molar-refractivity contribution in [2.45, 2.75) is 44.6 Å². The van der Waals surface area contributed by atoms with Crippen LogP contribution in [-0.4, -0.2) is 28.4 Å². The fourth-order valence-electron chi connectivity index (χ4n) is 3.01. The van der Waals surface area contributed by atoms with Gasteiger partial charge in [-0.2, -0.15) is 5.10 Å². The molecular formula is C18H24N4O. The smallest absolute Gasteiger partial charge is 0.315 e. The average molecular weight is 312 g/mol. The molecule has 0 bridgehead atoms. The highest BCUT2D eigenvalue weighted by Gasteiger charge is 2.15. The van der Waals surface area contributed by atoms with Crippen molar-refractivity contribution in [2.24, 2.45) is 0 Å². The number of nitrogens with zero attached hydrogens (tertiary/aromatic N) is 2. The maximum Gasteiger partial charge on any atom is 0.315 e. The first-order valence-corrected chi connectivity index (χ1v) is 8.44. The molecule has 0 saturated heterocycles. The van der Waals surface area contributed by atoms with Crippen molar-refractivity contribution in [2.75, 3.05) is 6.54 Å². The lowest BCUT2D eigenvalue weighted by atomic mass is 9.96. The van der Waals surface area contributed by atoms with Crippen LogP contribution < -0.4 is 10.6 Å². The van der Waals surface area contributed by atoms with Gasteiger partial charge in [0, 0.05) is 18.8 Å². The number of nitrogens with one attached hydrogen (secondary N) is 2. The van der Waals surface area contributed by atoms with E-state index in [2.05, 4.69) is 15.7 Å². The summed E-state index contributed by atoms with van der Waals surface area (Å²) < 4.78 is 1.86. The molecule has 0 aliphatic heterocycles. The first-order valence-electron chi connectivity index (χ1n) is 8.44. The monoisotopic (exact) mass is 312 g/mol. The number of hydrogen-bond donors (Lipinski definition) is 2. The van der Waals surface area contributed by atoms with Crippen molar-refractivity contribution in [3.63, 3.8) is 0 Å². The zero-order valence-corrected chi connectivity index (χ0v) is 13.4. The SMILES string of the molecule is O=C(NCCc1cnn(-c2ccccc2)c1)NC1CCCCC1. The van der Waals surface area contributed by atoms with E-state index in [-0.39, 0.29) is 6.03 Å². The van der Waals surface area contributed by atoms with Gasteiger partial charge in [0.1, 0.15) is 0 Å². The number of urea groups is 1. The molecule has 0 unspecified atom stereocenters. The number of carbonyl (C=O) groups excluding carboxylic acids is 1. The minimum absolute atomic E-state index is 0.0487. The van der Waals surface area contributed by atoms with Crippen molar-refractivity contribution in [3.05, 3.63) is 48.3 Å². The fraction of sp³-hybridized carbons (Fsp3) is 0.444. The number of benzene rings is 1. The van der Waals surface area contributed by atoms with Crippen LogP contribution in [0.3, 0.4) is 0 Å². The molecule has 0 radical (unpaired) electrons. The van der Waals surface area contributed by atoms with E-state index in [4.69, 9.17) is 0 Å². The quantitative estimate of drug-likeness (QED) is 0.891. The lowest BCUT2D eigenvalue weighted by Crippen LogP contribution is -2.43. The molecule has 23 heavy (non-hydrogen) atoms. The molecule has 2 aromatic rings. The highest BCUT2D eigenvalue weighted by Crippen LogP contribution is 2.17. The molecule has 5 nitrogen and oxygen atoms in total. The van der Waals surface area contributed by atoms with E-state index < -0.39 is 0 Å². The van der Waals surface area contributed by atoms with Gasteiger partial charge in [-0.05, 0) is 37.0 Å². The molecule has 5 heteroatoms. The van der Waals surface area contributed by atoms with Crippen molar-refractivity contribution < 1.29 is 4.79 Å². The Morgan fingerprint density at radius 2 is 1.96 bits per heavy atom. The number of carbonyl (C=O) groups is 1. The molecule has 0 atom stereocenters. The molecule has 1 fully saturated rings. The second-order valence-corrected chi connectivity index (χ2v) is 6.11. The summed E-state index contributed by atoms with van der Waals surface area (Å²) in [6.07, 6.45) is 10.6. The van der Waals surface area contributed by atoms with Crippen molar-refractivity contribution in [1.29, 1.82) is 0 Å². The fourth-order valence-corrected chi connectivity index (χ4v) is 3.01. The van der Waals surface area contributed by atoms with Crippen molar-refractivity contribution >= 4 is 6.03 Å². The van der Waals surface area contributed by atoms with Gasteiger partial charge in [-0.25, -0.2) is 9.48 Å². The number of hydrogen-bond acceptors (Lipinski definition) is 2. The molecule has 1 heterocycles. The van der Waals surface area contributed by atoms with Gasteiger partial charge in [0.15, 0.2) is 0 Å². The predicted octanol–water partition coefficient (Wildman–Crippen LogP) is 3.05. The summed E-state index contributed by atoms with van der Waals surface area (Å²) in [5.41, 5.74) is 2.16. The second kappa shape index (κ2) is 7.81. The minimum Gasteiger partial charge on any atom is -0.338 e. The molecule has 1 aliphatic rings. The predicted molar refractivity (Wildman–Crippen MR) is 90.7 cm³/mol. The molecule has 122 valence electrons. The zero-order chi connectivity index (χ0) is 15.9. The summed E-state index contributed by atoms with van der Waals surface area (Å²) in [5, 5.41) is 10.4. The Hall–Kier alpha value is -2.30. The van der Waals surface area contributed by atoms with Crippen molar-refractivity contribution in [1.82, 2.24) is 20.4 Å². The molecule has 1 saturated carbocycles. The van der Waals surface area contributed by atoms with E-state index >= 15 is 0 Å². The van der Waals surface area contributed by atoms with Crippen LogP contribution in [0.1, 0.15) is 37.7 Å². The first-order chi connectivity index (χ1) is 11.3. The largest absolute Gasteiger partial charge is 0.338 e. The third kappa shape index (κ3) is 4.58. The van der Waals surface area contributed by atoms with Gasteiger partial charge in [-0.1, -0.05) is 37.5 Å². The van der Waals surface area contributed by atoms with Crippen LogP contribution in [0.15, 0.2) is 42.7 Å². The van der Waals surface area contributed by atoms with Gasteiger partial charge in [-0.15, -0.1) is 0 Å². The number of aromatic nitrogens is 2. The Balaban J connectivity index is 1.42. The van der Waals surface area contributed by atoms with Crippen LogP contribution in [0.4, 0.5) is 4.79 Å². The van der Waals surface area contributed by atoms with Crippen LogP contribution in [-0.2, 0) is 6.42 Å². The maximum atomic E-state index is 11.9. The molecule has 1 aromatic heterocycles.